The van der Waals surface area contributed by atoms with Gasteiger partial charge in [0, 0.05) is 10.8 Å². The fraction of sp³-hybridized carbons (Fsp3) is 0.533. The summed E-state index contributed by atoms with van der Waals surface area (Å²) < 4.78 is 2.62. The van der Waals surface area contributed by atoms with Crippen LogP contribution in [0.15, 0.2) is 36.4 Å². The summed E-state index contributed by atoms with van der Waals surface area (Å²) in [6, 6.07) is 13.3. The third kappa shape index (κ3) is 6.26. The number of rotatable bonds is 0. The predicted octanol–water partition coefficient (Wildman–Crippen LogP) is 9.78. The van der Waals surface area contributed by atoms with Crippen LogP contribution in [-0.4, -0.2) is 9.97 Å². The van der Waals surface area contributed by atoms with Crippen molar-refractivity contribution in [1.82, 2.24) is 9.97 Å². The summed E-state index contributed by atoms with van der Waals surface area (Å²) in [6.45, 7) is 26.8. The fourth-order valence-electron chi connectivity index (χ4n) is 3.42. The standard InChI is InChI=1S/2C15H21NS/c2*1-14(2,3)10-7-8-11-12(9-10)17-13(16-11)15(4,5)6/h2*7-9H,1-6H3. The van der Waals surface area contributed by atoms with Crippen molar-refractivity contribution in [2.75, 3.05) is 0 Å². The van der Waals surface area contributed by atoms with Crippen LogP contribution < -0.4 is 0 Å². The van der Waals surface area contributed by atoms with Crippen LogP contribution in [0.25, 0.3) is 20.4 Å². The van der Waals surface area contributed by atoms with Crippen LogP contribution in [-0.2, 0) is 21.7 Å². The lowest BCUT2D eigenvalue weighted by molar-refractivity contribution is 0.586. The van der Waals surface area contributed by atoms with Gasteiger partial charge in [-0.2, -0.15) is 0 Å². The quantitative estimate of drug-likeness (QED) is 0.243. The Morgan fingerprint density at radius 1 is 0.471 bits per heavy atom. The first-order chi connectivity index (χ1) is 15.4. The van der Waals surface area contributed by atoms with E-state index < -0.39 is 0 Å². The van der Waals surface area contributed by atoms with E-state index in [2.05, 4.69) is 119 Å². The molecule has 4 heteroatoms. The second-order valence-corrected chi connectivity index (χ2v) is 15.5. The summed E-state index contributed by atoms with van der Waals surface area (Å²) in [5.74, 6) is 0. The molecular formula is C30H42N2S2. The minimum atomic E-state index is 0.144. The van der Waals surface area contributed by atoms with E-state index in [0.29, 0.717) is 0 Å². The Bertz CT molecular complexity index is 1150. The molecule has 4 aromatic rings. The highest BCUT2D eigenvalue weighted by Gasteiger charge is 2.21. The van der Waals surface area contributed by atoms with Crippen molar-refractivity contribution in [2.24, 2.45) is 0 Å². The lowest BCUT2D eigenvalue weighted by Crippen LogP contribution is -2.10. The van der Waals surface area contributed by atoms with Crippen molar-refractivity contribution in [1.29, 1.82) is 0 Å². The Kier molecular flexibility index (Phi) is 7.12. The molecule has 2 heterocycles. The minimum Gasteiger partial charge on any atom is -0.241 e. The molecule has 2 aromatic carbocycles. The van der Waals surface area contributed by atoms with Gasteiger partial charge in [0.2, 0.25) is 0 Å². The summed E-state index contributed by atoms with van der Waals surface area (Å²) in [7, 11) is 0. The average Bonchev–Trinajstić information content (AvgIpc) is 3.29. The molecule has 0 amide bonds. The molecule has 0 aliphatic rings. The van der Waals surface area contributed by atoms with Gasteiger partial charge in [-0.25, -0.2) is 9.97 Å². The lowest BCUT2D eigenvalue weighted by atomic mass is 9.87. The molecular weight excluding hydrogens is 452 g/mol. The van der Waals surface area contributed by atoms with Gasteiger partial charge in [-0.1, -0.05) is 95.2 Å². The van der Waals surface area contributed by atoms with Crippen molar-refractivity contribution >= 4 is 43.1 Å². The average molecular weight is 495 g/mol. The van der Waals surface area contributed by atoms with E-state index in [4.69, 9.17) is 9.97 Å². The van der Waals surface area contributed by atoms with Gasteiger partial charge in [-0.15, -0.1) is 22.7 Å². The minimum absolute atomic E-state index is 0.144. The third-order valence-corrected chi connectivity index (χ3v) is 8.68. The highest BCUT2D eigenvalue weighted by Crippen LogP contribution is 2.35. The number of hydrogen-bond acceptors (Lipinski definition) is 4. The number of nitrogens with zero attached hydrogens (tertiary/aromatic N) is 2. The van der Waals surface area contributed by atoms with Crippen LogP contribution in [0.2, 0.25) is 0 Å². The van der Waals surface area contributed by atoms with Crippen molar-refractivity contribution < 1.29 is 0 Å². The molecule has 0 bridgehead atoms. The molecule has 0 aliphatic heterocycles. The van der Waals surface area contributed by atoms with Gasteiger partial charge in [0.1, 0.15) is 0 Å². The fourth-order valence-corrected chi connectivity index (χ4v) is 5.55. The van der Waals surface area contributed by atoms with Crippen LogP contribution in [0.5, 0.6) is 0 Å². The topological polar surface area (TPSA) is 25.8 Å². The molecule has 0 saturated carbocycles. The van der Waals surface area contributed by atoms with Crippen LogP contribution in [0.3, 0.4) is 0 Å². The van der Waals surface area contributed by atoms with E-state index in [9.17, 15) is 0 Å². The maximum Gasteiger partial charge on any atom is 0.0992 e. The van der Waals surface area contributed by atoms with Gasteiger partial charge in [-0.05, 0) is 46.2 Å². The summed E-state index contributed by atoms with van der Waals surface area (Å²) in [5.41, 5.74) is 5.74. The summed E-state index contributed by atoms with van der Waals surface area (Å²) >= 11 is 3.65. The smallest absolute Gasteiger partial charge is 0.0992 e. The van der Waals surface area contributed by atoms with Gasteiger partial charge >= 0.3 is 0 Å². The number of aromatic nitrogens is 2. The Morgan fingerprint density at radius 3 is 1.06 bits per heavy atom. The van der Waals surface area contributed by atoms with Crippen LogP contribution in [0, 0.1) is 0 Å². The van der Waals surface area contributed by atoms with Crippen molar-refractivity contribution in [3.8, 4) is 0 Å². The molecule has 0 radical (unpaired) electrons. The second-order valence-electron chi connectivity index (χ2n) is 13.4. The van der Waals surface area contributed by atoms with E-state index in [-0.39, 0.29) is 21.7 Å². The van der Waals surface area contributed by atoms with E-state index in [1.165, 1.54) is 30.5 Å². The molecule has 2 aromatic heterocycles. The highest BCUT2D eigenvalue weighted by molar-refractivity contribution is 7.19. The maximum absolute atomic E-state index is 4.73. The maximum atomic E-state index is 4.73. The van der Waals surface area contributed by atoms with Gasteiger partial charge in [-0.3, -0.25) is 0 Å². The monoisotopic (exact) mass is 494 g/mol. The van der Waals surface area contributed by atoms with Gasteiger partial charge in [0.05, 0.1) is 30.4 Å². The van der Waals surface area contributed by atoms with Crippen molar-refractivity contribution in [2.45, 2.75) is 105 Å². The molecule has 0 N–H and O–H groups in total. The Morgan fingerprint density at radius 2 is 0.794 bits per heavy atom. The largest absolute Gasteiger partial charge is 0.241 e. The summed E-state index contributed by atoms with van der Waals surface area (Å²) in [4.78, 5) is 9.45. The van der Waals surface area contributed by atoms with Crippen LogP contribution in [0.1, 0.15) is 104 Å². The lowest BCUT2D eigenvalue weighted by Gasteiger charge is -2.18. The van der Waals surface area contributed by atoms with Gasteiger partial charge < -0.3 is 0 Å². The van der Waals surface area contributed by atoms with Crippen LogP contribution >= 0.6 is 22.7 Å². The normalized spacial score (nSPS) is 13.3. The molecule has 0 atom stereocenters. The van der Waals surface area contributed by atoms with E-state index in [0.717, 1.165) is 11.0 Å². The zero-order valence-corrected chi connectivity index (χ0v) is 24.8. The first-order valence-corrected chi connectivity index (χ1v) is 13.8. The number of thiazole rings is 2. The summed E-state index contributed by atoms with van der Waals surface area (Å²) in [6.07, 6.45) is 0. The van der Waals surface area contributed by atoms with E-state index in [1.54, 1.807) is 0 Å². The Balaban J connectivity index is 0.000000191. The zero-order chi connectivity index (χ0) is 25.7. The van der Waals surface area contributed by atoms with Crippen molar-refractivity contribution in [3.05, 3.63) is 57.5 Å². The molecule has 0 saturated heterocycles. The number of hydrogen-bond donors (Lipinski definition) is 0. The summed E-state index contributed by atoms with van der Waals surface area (Å²) in [5, 5.41) is 2.44. The highest BCUT2D eigenvalue weighted by atomic mass is 32.1. The molecule has 0 fully saturated rings. The van der Waals surface area contributed by atoms with Crippen LogP contribution in [0.4, 0.5) is 0 Å². The first kappa shape index (κ1) is 26.8. The Hall–Kier alpha value is -1.78. The second kappa shape index (κ2) is 9.02. The SMILES string of the molecule is CC(C)(C)c1ccc2nc(C(C)(C)C)sc2c1.CC(C)(C)c1ccc2nc(C(C)(C)C)sc2c1. The van der Waals surface area contributed by atoms with Crippen molar-refractivity contribution in [3.63, 3.8) is 0 Å². The third-order valence-electron chi connectivity index (χ3n) is 5.79. The number of fused-ring (bicyclic) bond motifs is 2. The van der Waals surface area contributed by atoms with Gasteiger partial charge in [0.25, 0.3) is 0 Å². The van der Waals surface area contributed by atoms with E-state index in [1.807, 2.05) is 22.7 Å². The van der Waals surface area contributed by atoms with E-state index >= 15 is 0 Å². The molecule has 0 aliphatic carbocycles. The molecule has 34 heavy (non-hydrogen) atoms. The van der Waals surface area contributed by atoms with Gasteiger partial charge in [0.15, 0.2) is 0 Å². The predicted molar refractivity (Wildman–Crippen MR) is 154 cm³/mol. The first-order valence-electron chi connectivity index (χ1n) is 12.2. The number of benzene rings is 2. The molecule has 0 unspecified atom stereocenters. The molecule has 184 valence electrons. The zero-order valence-electron chi connectivity index (χ0n) is 23.2. The Labute approximate surface area is 214 Å². The molecule has 2 nitrogen and oxygen atoms in total. The molecule has 4 rings (SSSR count). The molecule has 0 spiro atoms.